The molecule has 0 fully saturated rings. The van der Waals surface area contributed by atoms with Gasteiger partial charge in [0.15, 0.2) is 0 Å². The van der Waals surface area contributed by atoms with Crippen LogP contribution in [0.2, 0.25) is 5.02 Å². The predicted molar refractivity (Wildman–Crippen MR) is 104 cm³/mol. The van der Waals surface area contributed by atoms with E-state index in [1.165, 1.54) is 23.0 Å². The Morgan fingerprint density at radius 2 is 2.04 bits per heavy atom. The average molecular weight is 357 g/mol. The number of rotatable bonds is 4. The zero-order valence-electron chi connectivity index (χ0n) is 14.2. The first-order valence-electron chi connectivity index (χ1n) is 8.28. The molecule has 0 radical (unpaired) electrons. The highest BCUT2D eigenvalue weighted by molar-refractivity contribution is 6.33. The quantitative estimate of drug-likeness (QED) is 0.380. The third kappa shape index (κ3) is 3.38. The van der Waals surface area contributed by atoms with E-state index in [0.717, 1.165) is 18.4 Å². The number of nitrogens with one attached hydrogen (secondary N) is 1. The summed E-state index contributed by atoms with van der Waals surface area (Å²) in [5, 5.41) is 9.33. The zero-order chi connectivity index (χ0) is 18.0. The summed E-state index contributed by atoms with van der Waals surface area (Å²) in [5.41, 5.74) is 17.2. The molecular formula is C19H23ClN5+. The highest BCUT2D eigenvalue weighted by atomic mass is 35.5. The van der Waals surface area contributed by atoms with Crippen LogP contribution in [0.15, 0.2) is 41.4 Å². The molecule has 0 bridgehead atoms. The van der Waals surface area contributed by atoms with E-state index in [0.29, 0.717) is 16.5 Å². The van der Waals surface area contributed by atoms with Crippen LogP contribution in [0.25, 0.3) is 0 Å². The largest absolute Gasteiger partial charge is 0.398 e. The number of nitrogens with zero attached hydrogens (tertiary/aromatic N) is 1. The summed E-state index contributed by atoms with van der Waals surface area (Å²) >= 11 is 6.08. The van der Waals surface area contributed by atoms with Crippen LogP contribution in [0, 0.1) is 0 Å². The molecule has 0 aromatic heterocycles. The highest BCUT2D eigenvalue weighted by Gasteiger charge is 2.28. The molecule has 0 amide bonds. The van der Waals surface area contributed by atoms with Gasteiger partial charge in [-0.1, -0.05) is 23.7 Å². The van der Waals surface area contributed by atoms with Gasteiger partial charge in [-0.05, 0) is 65.8 Å². The number of anilines is 1. The number of fused-ring (bicyclic) bond motifs is 1. The van der Waals surface area contributed by atoms with Crippen LogP contribution >= 0.6 is 11.6 Å². The highest BCUT2D eigenvalue weighted by Crippen LogP contribution is 2.42. The van der Waals surface area contributed by atoms with Crippen molar-refractivity contribution in [3.8, 4) is 0 Å². The van der Waals surface area contributed by atoms with Crippen LogP contribution in [0.3, 0.4) is 0 Å². The standard InChI is InChI=1S/C19H22ClN5/c1-24-18-7-5-13(11-3-6-16(20)17(22)9-11)14-4-2-12(8-15(14)18)19(23)25-10-21/h2-4,6,8-10,13,18,24H,5,7,22H2,1H3,(H3,21,23,25)/p+1/t13-,18-/m0/s1. The molecule has 0 saturated heterocycles. The van der Waals surface area contributed by atoms with Gasteiger partial charge in [-0.15, -0.1) is 0 Å². The van der Waals surface area contributed by atoms with Crippen molar-refractivity contribution in [3.05, 3.63) is 63.7 Å². The molecule has 2 aromatic carbocycles. The number of aliphatic imine (C=N–C) groups is 1. The Balaban J connectivity index is 2.07. The maximum absolute atomic E-state index is 6.08. The van der Waals surface area contributed by atoms with Gasteiger partial charge in [0.1, 0.15) is 0 Å². The summed E-state index contributed by atoms with van der Waals surface area (Å²) in [6.45, 7) is 0. The molecule has 2 aromatic rings. The van der Waals surface area contributed by atoms with Crippen molar-refractivity contribution < 1.29 is 5.41 Å². The zero-order valence-corrected chi connectivity index (χ0v) is 14.9. The number of nitrogens with two attached hydrogens (primary N) is 3. The lowest BCUT2D eigenvalue weighted by atomic mass is 9.76. The van der Waals surface area contributed by atoms with Crippen molar-refractivity contribution >= 4 is 29.5 Å². The lowest BCUT2D eigenvalue weighted by Crippen LogP contribution is -2.30. The lowest BCUT2D eigenvalue weighted by Gasteiger charge is -2.32. The van der Waals surface area contributed by atoms with Crippen LogP contribution in [0.4, 0.5) is 5.69 Å². The normalized spacial score (nSPS) is 20.2. The van der Waals surface area contributed by atoms with Crippen LogP contribution in [-0.4, -0.2) is 19.2 Å². The van der Waals surface area contributed by atoms with Crippen molar-refractivity contribution in [2.75, 3.05) is 12.8 Å². The molecule has 5 nitrogen and oxygen atoms in total. The molecule has 1 aliphatic carbocycles. The van der Waals surface area contributed by atoms with Crippen LogP contribution in [0.1, 0.15) is 47.1 Å². The Bertz CT molecular complexity index is 831. The van der Waals surface area contributed by atoms with Crippen LogP contribution < -0.4 is 22.2 Å². The molecule has 1 aliphatic rings. The molecule has 6 heteroatoms. The molecular weight excluding hydrogens is 334 g/mol. The molecule has 2 atom stereocenters. The molecule has 0 spiro atoms. The van der Waals surface area contributed by atoms with E-state index in [-0.39, 0.29) is 12.0 Å². The molecule has 0 heterocycles. The van der Waals surface area contributed by atoms with Gasteiger partial charge in [-0.3, -0.25) is 5.41 Å². The average Bonchev–Trinajstić information content (AvgIpc) is 2.63. The van der Waals surface area contributed by atoms with E-state index in [9.17, 15) is 0 Å². The summed E-state index contributed by atoms with van der Waals surface area (Å²) in [6, 6.07) is 12.4. The van der Waals surface area contributed by atoms with E-state index in [1.807, 2.05) is 25.2 Å². The van der Waals surface area contributed by atoms with Crippen LogP contribution in [0.5, 0.6) is 0 Å². The van der Waals surface area contributed by atoms with Crippen molar-refractivity contribution in [2.24, 2.45) is 10.7 Å². The summed E-state index contributed by atoms with van der Waals surface area (Å²) in [6.07, 6.45) is 3.28. The van der Waals surface area contributed by atoms with Gasteiger partial charge in [-0.25, -0.2) is 0 Å². The van der Waals surface area contributed by atoms with Crippen molar-refractivity contribution in [1.29, 1.82) is 0 Å². The minimum absolute atomic E-state index is 0.283. The third-order valence-electron chi connectivity index (χ3n) is 4.86. The summed E-state index contributed by atoms with van der Waals surface area (Å²) in [7, 11) is 1.98. The monoisotopic (exact) mass is 356 g/mol. The Morgan fingerprint density at radius 3 is 2.72 bits per heavy atom. The van der Waals surface area contributed by atoms with E-state index >= 15 is 0 Å². The fourth-order valence-corrected chi connectivity index (χ4v) is 3.69. The van der Waals surface area contributed by atoms with Crippen molar-refractivity contribution in [3.63, 3.8) is 0 Å². The number of hydrogen-bond acceptors (Lipinski definition) is 2. The summed E-state index contributed by atoms with van der Waals surface area (Å²) < 4.78 is 0. The van der Waals surface area contributed by atoms with E-state index in [1.54, 1.807) is 0 Å². The SMILES string of the molecule is CN[C@H]1CC[C@@H](c2ccc(Cl)c(N)c2)c2ccc(C(N)=NC=[NH2+])cc21. The van der Waals surface area contributed by atoms with Gasteiger partial charge >= 0.3 is 0 Å². The number of hydrogen-bond donors (Lipinski definition) is 4. The van der Waals surface area contributed by atoms with Crippen LogP contribution in [-0.2, 0) is 0 Å². The Morgan fingerprint density at radius 1 is 1.24 bits per heavy atom. The minimum atomic E-state index is 0.283. The number of amidine groups is 1. The Labute approximate surface area is 152 Å². The second-order valence-corrected chi connectivity index (χ2v) is 6.67. The van der Waals surface area contributed by atoms with E-state index in [4.69, 9.17) is 28.5 Å². The molecule has 7 N–H and O–H groups in total. The number of nitrogen functional groups attached to an aromatic ring is 1. The molecule has 3 rings (SSSR count). The van der Waals surface area contributed by atoms with E-state index < -0.39 is 0 Å². The molecule has 0 saturated carbocycles. The molecule has 0 aliphatic heterocycles. The van der Waals surface area contributed by atoms with Gasteiger partial charge in [0, 0.05) is 17.5 Å². The first-order valence-corrected chi connectivity index (χ1v) is 8.66. The predicted octanol–water partition coefficient (Wildman–Crippen LogP) is 1.60. The summed E-state index contributed by atoms with van der Waals surface area (Å²) in [5.74, 6) is 0.700. The summed E-state index contributed by atoms with van der Waals surface area (Å²) in [4.78, 5) is 3.99. The third-order valence-corrected chi connectivity index (χ3v) is 5.21. The lowest BCUT2D eigenvalue weighted by molar-refractivity contribution is -0.106. The number of benzene rings is 2. The first kappa shape index (κ1) is 17.5. The molecule has 0 unspecified atom stereocenters. The molecule has 25 heavy (non-hydrogen) atoms. The number of halogens is 1. The second kappa shape index (κ2) is 7.25. The Kier molecular flexibility index (Phi) is 5.06. The fraction of sp³-hybridized carbons (Fsp3) is 0.263. The van der Waals surface area contributed by atoms with E-state index in [2.05, 4.69) is 28.5 Å². The van der Waals surface area contributed by atoms with Gasteiger partial charge in [-0.2, -0.15) is 0 Å². The van der Waals surface area contributed by atoms with Crippen molar-refractivity contribution in [1.82, 2.24) is 5.32 Å². The minimum Gasteiger partial charge on any atom is -0.398 e. The smallest absolute Gasteiger partial charge is 0.279 e. The molecule has 130 valence electrons. The van der Waals surface area contributed by atoms with Crippen molar-refractivity contribution in [2.45, 2.75) is 24.8 Å². The van der Waals surface area contributed by atoms with Gasteiger partial charge < -0.3 is 16.8 Å². The second-order valence-electron chi connectivity index (χ2n) is 6.26. The van der Waals surface area contributed by atoms with Gasteiger partial charge in [0.25, 0.3) is 6.34 Å². The van der Waals surface area contributed by atoms with Gasteiger partial charge in [0.2, 0.25) is 5.84 Å². The maximum atomic E-state index is 6.08. The first-order chi connectivity index (χ1) is 12.0. The topological polar surface area (TPSA) is 102 Å². The maximum Gasteiger partial charge on any atom is 0.279 e. The van der Waals surface area contributed by atoms with Gasteiger partial charge in [0.05, 0.1) is 10.7 Å². The fourth-order valence-electron chi connectivity index (χ4n) is 3.58. The Hall–Kier alpha value is -2.37.